The van der Waals surface area contributed by atoms with Crippen molar-refractivity contribution >= 4 is 11.6 Å². The number of nitrogens with zero attached hydrogens (tertiary/aromatic N) is 4. The average molecular weight is 362 g/mol. The highest BCUT2D eigenvalue weighted by atomic mass is 35.5. The molecule has 0 aliphatic heterocycles. The van der Waals surface area contributed by atoms with Crippen LogP contribution in [0.1, 0.15) is 35.5 Å². The van der Waals surface area contributed by atoms with Gasteiger partial charge in [-0.2, -0.15) is 10.2 Å². The molecule has 7 heteroatoms. The Morgan fingerprint density at radius 3 is 2.72 bits per heavy atom. The summed E-state index contributed by atoms with van der Waals surface area (Å²) < 4.78 is 16.9. The number of aryl methyl sites for hydroxylation is 2. The Kier molecular flexibility index (Phi) is 4.92. The Bertz CT molecular complexity index is 899. The molecule has 2 aromatic heterocycles. The third-order valence-electron chi connectivity index (χ3n) is 4.42. The predicted octanol–water partition coefficient (Wildman–Crippen LogP) is 3.87. The van der Waals surface area contributed by atoms with Gasteiger partial charge in [0.15, 0.2) is 0 Å². The fourth-order valence-corrected chi connectivity index (χ4v) is 3.20. The number of hydrogen-bond acceptors (Lipinski definition) is 3. The van der Waals surface area contributed by atoms with E-state index >= 15 is 0 Å². The fourth-order valence-electron chi connectivity index (χ4n) is 2.96. The van der Waals surface area contributed by atoms with Gasteiger partial charge in [-0.15, -0.1) is 0 Å². The van der Waals surface area contributed by atoms with Crippen molar-refractivity contribution in [3.05, 3.63) is 63.9 Å². The van der Waals surface area contributed by atoms with E-state index < -0.39 is 0 Å². The Morgan fingerprint density at radius 2 is 2.08 bits per heavy atom. The third-order valence-corrected chi connectivity index (χ3v) is 4.89. The molecule has 1 aromatic carbocycles. The van der Waals surface area contributed by atoms with E-state index in [2.05, 4.69) is 22.4 Å². The molecule has 0 spiro atoms. The lowest BCUT2D eigenvalue weighted by molar-refractivity contribution is 0.570. The van der Waals surface area contributed by atoms with Crippen molar-refractivity contribution in [2.75, 3.05) is 0 Å². The molecule has 3 rings (SSSR count). The molecule has 0 fully saturated rings. The zero-order chi connectivity index (χ0) is 18.1. The first-order valence-electron chi connectivity index (χ1n) is 8.10. The molecule has 0 aliphatic rings. The minimum Gasteiger partial charge on any atom is -0.306 e. The number of rotatable bonds is 5. The maximum Gasteiger partial charge on any atom is 0.131 e. The van der Waals surface area contributed by atoms with Crippen LogP contribution in [-0.2, 0) is 13.6 Å². The Morgan fingerprint density at radius 1 is 1.32 bits per heavy atom. The second-order valence-corrected chi connectivity index (χ2v) is 6.52. The first-order chi connectivity index (χ1) is 11.9. The molecule has 1 unspecified atom stereocenters. The van der Waals surface area contributed by atoms with Gasteiger partial charge in [-0.1, -0.05) is 17.7 Å². The van der Waals surface area contributed by atoms with Gasteiger partial charge < -0.3 is 5.32 Å². The van der Waals surface area contributed by atoms with Crippen LogP contribution in [0.25, 0.3) is 5.69 Å². The van der Waals surface area contributed by atoms with Crippen LogP contribution in [0, 0.1) is 19.7 Å². The standard InChI is InChI=1S/C18H21ClFN5/c1-11(21-9-17-12(2)23-24(4)18(17)19)16-10-22-25(13(16)3)15-7-5-6-14(20)8-15/h5-8,10-11,21H,9H2,1-4H3. The summed E-state index contributed by atoms with van der Waals surface area (Å²) >= 11 is 6.28. The van der Waals surface area contributed by atoms with E-state index in [4.69, 9.17) is 11.6 Å². The molecule has 0 amide bonds. The van der Waals surface area contributed by atoms with Gasteiger partial charge in [-0.25, -0.2) is 9.07 Å². The molecule has 0 saturated heterocycles. The molecule has 0 aliphatic carbocycles. The van der Waals surface area contributed by atoms with E-state index in [1.54, 1.807) is 15.4 Å². The molecule has 1 N–H and O–H groups in total. The molecule has 25 heavy (non-hydrogen) atoms. The topological polar surface area (TPSA) is 47.7 Å². The molecule has 0 saturated carbocycles. The number of aromatic nitrogens is 4. The number of hydrogen-bond donors (Lipinski definition) is 1. The van der Waals surface area contributed by atoms with Crippen molar-refractivity contribution in [1.82, 2.24) is 24.9 Å². The van der Waals surface area contributed by atoms with E-state index in [1.165, 1.54) is 12.1 Å². The highest BCUT2D eigenvalue weighted by molar-refractivity contribution is 6.30. The molecule has 1 atom stereocenters. The van der Waals surface area contributed by atoms with Gasteiger partial charge in [0.05, 0.1) is 17.6 Å². The quantitative estimate of drug-likeness (QED) is 0.750. The van der Waals surface area contributed by atoms with Gasteiger partial charge in [0.25, 0.3) is 0 Å². The normalized spacial score (nSPS) is 12.6. The molecule has 0 bridgehead atoms. The van der Waals surface area contributed by atoms with Crippen LogP contribution in [0.3, 0.4) is 0 Å². The number of benzene rings is 1. The van der Waals surface area contributed by atoms with Gasteiger partial charge in [0, 0.05) is 36.5 Å². The van der Waals surface area contributed by atoms with Crippen molar-refractivity contribution in [2.24, 2.45) is 7.05 Å². The minimum atomic E-state index is -0.276. The van der Waals surface area contributed by atoms with Gasteiger partial charge in [-0.05, 0) is 39.0 Å². The fraction of sp³-hybridized carbons (Fsp3) is 0.333. The van der Waals surface area contributed by atoms with Gasteiger partial charge in [-0.3, -0.25) is 4.68 Å². The smallest absolute Gasteiger partial charge is 0.131 e. The largest absolute Gasteiger partial charge is 0.306 e. The lowest BCUT2D eigenvalue weighted by atomic mass is 10.1. The zero-order valence-electron chi connectivity index (χ0n) is 14.7. The van der Waals surface area contributed by atoms with Crippen LogP contribution in [-0.4, -0.2) is 19.6 Å². The van der Waals surface area contributed by atoms with Crippen LogP contribution in [0.2, 0.25) is 5.15 Å². The molecule has 5 nitrogen and oxygen atoms in total. The maximum atomic E-state index is 13.5. The predicted molar refractivity (Wildman–Crippen MR) is 96.5 cm³/mol. The molecule has 2 heterocycles. The molecular weight excluding hydrogens is 341 g/mol. The number of nitrogens with one attached hydrogen (secondary N) is 1. The van der Waals surface area contributed by atoms with E-state index in [1.807, 2.05) is 33.2 Å². The Hall–Kier alpha value is -2.18. The Labute approximate surface area is 151 Å². The first-order valence-corrected chi connectivity index (χ1v) is 8.48. The van der Waals surface area contributed by atoms with Crippen LogP contribution < -0.4 is 5.32 Å². The second-order valence-electron chi connectivity index (χ2n) is 6.16. The highest BCUT2D eigenvalue weighted by Gasteiger charge is 2.16. The monoisotopic (exact) mass is 361 g/mol. The summed E-state index contributed by atoms with van der Waals surface area (Å²) in [5.41, 5.74) is 4.65. The number of halogens is 2. The van der Waals surface area contributed by atoms with Gasteiger partial charge in [0.2, 0.25) is 0 Å². The van der Waals surface area contributed by atoms with Crippen molar-refractivity contribution in [3.8, 4) is 5.69 Å². The van der Waals surface area contributed by atoms with Crippen LogP contribution in [0.15, 0.2) is 30.5 Å². The summed E-state index contributed by atoms with van der Waals surface area (Å²) in [6, 6.07) is 6.48. The summed E-state index contributed by atoms with van der Waals surface area (Å²) in [7, 11) is 1.83. The summed E-state index contributed by atoms with van der Waals surface area (Å²) in [6.07, 6.45) is 1.82. The average Bonchev–Trinajstić information content (AvgIpc) is 3.06. The molecule has 132 valence electrons. The van der Waals surface area contributed by atoms with Crippen LogP contribution in [0.4, 0.5) is 4.39 Å². The van der Waals surface area contributed by atoms with E-state index in [9.17, 15) is 4.39 Å². The summed E-state index contributed by atoms with van der Waals surface area (Å²) in [5, 5.41) is 12.8. The molecule has 0 radical (unpaired) electrons. The van der Waals surface area contributed by atoms with Crippen LogP contribution in [0.5, 0.6) is 0 Å². The third kappa shape index (κ3) is 3.45. The van der Waals surface area contributed by atoms with Crippen LogP contribution >= 0.6 is 11.6 Å². The lowest BCUT2D eigenvalue weighted by Gasteiger charge is -2.14. The lowest BCUT2D eigenvalue weighted by Crippen LogP contribution is -2.19. The van der Waals surface area contributed by atoms with Crippen molar-refractivity contribution in [3.63, 3.8) is 0 Å². The summed E-state index contributed by atoms with van der Waals surface area (Å²) in [5.74, 6) is -0.276. The molecule has 3 aromatic rings. The second kappa shape index (κ2) is 6.98. The Balaban J connectivity index is 1.78. The SMILES string of the molecule is Cc1nn(C)c(Cl)c1CNC(C)c1cnn(-c2cccc(F)c2)c1C. The summed E-state index contributed by atoms with van der Waals surface area (Å²) in [6.45, 7) is 6.61. The highest BCUT2D eigenvalue weighted by Crippen LogP contribution is 2.23. The van der Waals surface area contributed by atoms with E-state index in [0.29, 0.717) is 17.4 Å². The first kappa shape index (κ1) is 17.6. The molecular formula is C18H21ClFN5. The van der Waals surface area contributed by atoms with Gasteiger partial charge in [0.1, 0.15) is 11.0 Å². The van der Waals surface area contributed by atoms with Crippen molar-refractivity contribution < 1.29 is 4.39 Å². The zero-order valence-corrected chi connectivity index (χ0v) is 15.5. The summed E-state index contributed by atoms with van der Waals surface area (Å²) in [4.78, 5) is 0. The van der Waals surface area contributed by atoms with E-state index in [0.717, 1.165) is 22.5 Å². The van der Waals surface area contributed by atoms with E-state index in [-0.39, 0.29) is 11.9 Å². The van der Waals surface area contributed by atoms with Crippen molar-refractivity contribution in [1.29, 1.82) is 0 Å². The van der Waals surface area contributed by atoms with Crippen molar-refractivity contribution in [2.45, 2.75) is 33.4 Å². The maximum absolute atomic E-state index is 13.5. The minimum absolute atomic E-state index is 0.0676. The van der Waals surface area contributed by atoms with Gasteiger partial charge >= 0.3 is 0 Å².